The molecule has 0 bridgehead atoms. The molecule has 0 radical (unpaired) electrons. The molecule has 0 spiro atoms. The van der Waals surface area contributed by atoms with E-state index in [0.717, 1.165) is 0 Å². The van der Waals surface area contributed by atoms with Crippen LogP contribution in [-0.4, -0.2) is 38.0 Å². The van der Waals surface area contributed by atoms with Crippen molar-refractivity contribution >= 4 is 27.6 Å². The number of carbonyl (C=O) groups excluding carboxylic acids is 1. The number of carbonyl (C=O) groups is 2. The fraction of sp³-hybridized carbons (Fsp3) is 0.385. The molecule has 0 aromatic heterocycles. The summed E-state index contributed by atoms with van der Waals surface area (Å²) in [5, 5.41) is 11.1. The fourth-order valence-electron chi connectivity index (χ4n) is 1.94. The van der Waals surface area contributed by atoms with Crippen LogP contribution in [0, 0.1) is 0 Å². The molecule has 1 unspecified atom stereocenters. The molecule has 1 atom stereocenters. The number of nitrogens with one attached hydrogen (secondary N) is 2. The minimum Gasteiger partial charge on any atom is -0.481 e. The van der Waals surface area contributed by atoms with Gasteiger partial charge in [0.05, 0.1) is 17.0 Å². The maximum Gasteiger partial charge on any atom is 0.304 e. The van der Waals surface area contributed by atoms with Crippen LogP contribution in [0.25, 0.3) is 0 Å². The predicted octanol–water partition coefficient (Wildman–Crippen LogP) is 0.549. The molecule has 1 heterocycles. The summed E-state index contributed by atoms with van der Waals surface area (Å²) in [6.07, 6.45) is -0.409. The zero-order valence-electron chi connectivity index (χ0n) is 11.8. The van der Waals surface area contributed by atoms with Crippen LogP contribution in [0.2, 0.25) is 0 Å². The topological polar surface area (TPSA) is 122 Å². The third kappa shape index (κ3) is 3.55. The Bertz CT molecular complexity index is 700. The number of sulfonamides is 1. The zero-order chi connectivity index (χ0) is 16.3. The first-order valence-corrected chi connectivity index (χ1v) is 8.15. The van der Waals surface area contributed by atoms with Gasteiger partial charge in [0.25, 0.3) is 5.91 Å². The van der Waals surface area contributed by atoms with Crippen LogP contribution < -0.4 is 14.8 Å². The lowest BCUT2D eigenvalue weighted by Crippen LogP contribution is -2.36. The molecule has 8 nitrogen and oxygen atoms in total. The van der Waals surface area contributed by atoms with Gasteiger partial charge in [-0.25, -0.2) is 13.1 Å². The molecular weight excluding hydrogens is 312 g/mol. The summed E-state index contributed by atoms with van der Waals surface area (Å²) >= 11 is 0. The minimum absolute atomic E-state index is 0.0736. The highest BCUT2D eigenvalue weighted by Crippen LogP contribution is 2.32. The summed E-state index contributed by atoms with van der Waals surface area (Å²) in [6, 6.07) is 4.08. The molecule has 1 aromatic rings. The van der Waals surface area contributed by atoms with Gasteiger partial charge in [0.2, 0.25) is 10.0 Å². The van der Waals surface area contributed by atoms with E-state index in [4.69, 9.17) is 9.84 Å². The van der Waals surface area contributed by atoms with Crippen LogP contribution >= 0.6 is 0 Å². The lowest BCUT2D eigenvalue weighted by molar-refractivity contribution is -0.136. The second kappa shape index (κ2) is 6.32. The smallest absolute Gasteiger partial charge is 0.304 e. The molecule has 1 aliphatic heterocycles. The predicted molar refractivity (Wildman–Crippen MR) is 77.2 cm³/mol. The number of hydrogen-bond acceptors (Lipinski definition) is 5. The summed E-state index contributed by atoms with van der Waals surface area (Å²) in [5.41, 5.74) is 0.274. The second-order valence-electron chi connectivity index (χ2n) is 4.70. The van der Waals surface area contributed by atoms with Crippen LogP contribution in [0.4, 0.5) is 5.69 Å². The Balaban J connectivity index is 2.19. The van der Waals surface area contributed by atoms with Crippen molar-refractivity contribution < 1.29 is 27.9 Å². The van der Waals surface area contributed by atoms with E-state index in [1.54, 1.807) is 6.92 Å². The summed E-state index contributed by atoms with van der Waals surface area (Å²) in [6.45, 7) is 1.59. The van der Waals surface area contributed by atoms with Gasteiger partial charge in [0, 0.05) is 6.54 Å². The van der Waals surface area contributed by atoms with Crippen LogP contribution in [0.5, 0.6) is 5.75 Å². The molecule has 2 rings (SSSR count). The SMILES string of the molecule is CCC1Oc2ccc(S(=O)(=O)NCCC(=O)O)cc2NC1=O. The Morgan fingerprint density at radius 3 is 2.82 bits per heavy atom. The van der Waals surface area contributed by atoms with Gasteiger partial charge in [-0.2, -0.15) is 0 Å². The number of benzene rings is 1. The van der Waals surface area contributed by atoms with Crippen molar-refractivity contribution in [2.24, 2.45) is 0 Å². The van der Waals surface area contributed by atoms with Crippen LogP contribution in [-0.2, 0) is 19.6 Å². The third-order valence-electron chi connectivity index (χ3n) is 3.08. The molecule has 1 aromatic carbocycles. The van der Waals surface area contributed by atoms with Crippen LogP contribution in [0.15, 0.2) is 23.1 Å². The molecule has 1 aliphatic rings. The minimum atomic E-state index is -3.85. The Labute approximate surface area is 127 Å². The Morgan fingerprint density at radius 2 is 2.18 bits per heavy atom. The van der Waals surface area contributed by atoms with Crippen LogP contribution in [0.3, 0.4) is 0 Å². The quantitative estimate of drug-likeness (QED) is 0.701. The molecule has 3 N–H and O–H groups in total. The number of ether oxygens (including phenoxy) is 1. The highest BCUT2D eigenvalue weighted by atomic mass is 32.2. The number of rotatable bonds is 6. The number of carboxylic acid groups (broad SMARTS) is 1. The number of hydrogen-bond donors (Lipinski definition) is 3. The van der Waals surface area contributed by atoms with E-state index in [-0.39, 0.29) is 29.5 Å². The van der Waals surface area contributed by atoms with Gasteiger partial charge in [0.1, 0.15) is 5.75 Å². The first-order chi connectivity index (χ1) is 10.3. The monoisotopic (exact) mass is 328 g/mol. The van der Waals surface area contributed by atoms with E-state index >= 15 is 0 Å². The highest BCUT2D eigenvalue weighted by Gasteiger charge is 2.27. The molecule has 1 amide bonds. The number of carboxylic acids is 1. The zero-order valence-corrected chi connectivity index (χ0v) is 12.6. The van der Waals surface area contributed by atoms with Gasteiger partial charge < -0.3 is 15.2 Å². The standard InChI is InChI=1S/C13H16N2O6S/c1-2-10-13(18)15-9-7-8(3-4-11(9)21-10)22(19,20)14-6-5-12(16)17/h3-4,7,10,14H,2,5-6H2,1H3,(H,15,18)(H,16,17). The van der Waals surface area contributed by atoms with Crippen molar-refractivity contribution in [3.8, 4) is 5.75 Å². The summed E-state index contributed by atoms with van der Waals surface area (Å²) in [7, 11) is -3.85. The Kier molecular flexibility index (Phi) is 4.67. The van der Waals surface area contributed by atoms with Gasteiger partial charge in [-0.3, -0.25) is 9.59 Å². The molecule has 0 aliphatic carbocycles. The number of fused-ring (bicyclic) bond motifs is 1. The molecule has 0 saturated heterocycles. The highest BCUT2D eigenvalue weighted by molar-refractivity contribution is 7.89. The van der Waals surface area contributed by atoms with E-state index in [0.29, 0.717) is 12.2 Å². The number of anilines is 1. The van der Waals surface area contributed by atoms with Gasteiger partial charge in [-0.15, -0.1) is 0 Å². The average molecular weight is 328 g/mol. The van der Waals surface area contributed by atoms with Gasteiger partial charge in [0.15, 0.2) is 6.10 Å². The first kappa shape index (κ1) is 16.2. The van der Waals surface area contributed by atoms with Gasteiger partial charge in [-0.1, -0.05) is 6.92 Å². The lowest BCUT2D eigenvalue weighted by atomic mass is 10.2. The molecule has 22 heavy (non-hydrogen) atoms. The summed E-state index contributed by atoms with van der Waals surface area (Å²) < 4.78 is 31.7. The van der Waals surface area contributed by atoms with E-state index in [1.165, 1.54) is 18.2 Å². The largest absolute Gasteiger partial charge is 0.481 e. The lowest BCUT2D eigenvalue weighted by Gasteiger charge is -2.25. The fourth-order valence-corrected chi connectivity index (χ4v) is 3.00. The number of amides is 1. The molecule has 0 saturated carbocycles. The van der Waals surface area contributed by atoms with Gasteiger partial charge in [-0.05, 0) is 24.6 Å². The molecule has 0 fully saturated rings. The van der Waals surface area contributed by atoms with Crippen molar-refractivity contribution in [2.75, 3.05) is 11.9 Å². The second-order valence-corrected chi connectivity index (χ2v) is 6.47. The maximum atomic E-state index is 12.0. The van der Waals surface area contributed by atoms with Gasteiger partial charge >= 0.3 is 5.97 Å². The first-order valence-electron chi connectivity index (χ1n) is 6.66. The van der Waals surface area contributed by atoms with Crippen molar-refractivity contribution in [1.82, 2.24) is 4.72 Å². The van der Waals surface area contributed by atoms with Crippen molar-refractivity contribution in [1.29, 1.82) is 0 Å². The van der Waals surface area contributed by atoms with E-state index in [2.05, 4.69) is 10.0 Å². The normalized spacial score (nSPS) is 17.3. The van der Waals surface area contributed by atoms with Crippen molar-refractivity contribution in [3.63, 3.8) is 0 Å². The molecule has 120 valence electrons. The summed E-state index contributed by atoms with van der Waals surface area (Å²) in [5.74, 6) is -1.03. The molecular formula is C13H16N2O6S. The Hall–Kier alpha value is -2.13. The average Bonchev–Trinajstić information content (AvgIpc) is 2.45. The van der Waals surface area contributed by atoms with E-state index < -0.39 is 22.1 Å². The third-order valence-corrected chi connectivity index (χ3v) is 4.54. The van der Waals surface area contributed by atoms with Crippen molar-refractivity contribution in [2.45, 2.75) is 30.8 Å². The van der Waals surface area contributed by atoms with Crippen molar-refractivity contribution in [3.05, 3.63) is 18.2 Å². The molecule has 9 heteroatoms. The van der Waals surface area contributed by atoms with E-state index in [9.17, 15) is 18.0 Å². The Morgan fingerprint density at radius 1 is 1.45 bits per heavy atom. The van der Waals surface area contributed by atoms with Crippen LogP contribution in [0.1, 0.15) is 19.8 Å². The summed E-state index contributed by atoms with van der Waals surface area (Å²) in [4.78, 5) is 22.1. The van der Waals surface area contributed by atoms with E-state index in [1.807, 2.05) is 0 Å². The number of aliphatic carboxylic acids is 1. The maximum absolute atomic E-state index is 12.0.